The van der Waals surface area contributed by atoms with Crippen molar-refractivity contribution in [3.05, 3.63) is 113 Å². The van der Waals surface area contributed by atoms with Crippen LogP contribution < -0.4 is 9.80 Å². The predicted octanol–water partition coefficient (Wildman–Crippen LogP) is 6.04. The second-order valence-electron chi connectivity index (χ2n) is 8.37. The molecule has 0 aromatic heterocycles. The molecule has 0 N–H and O–H groups in total. The first-order chi connectivity index (χ1) is 16.4. The number of barbiturate groups is 1. The zero-order valence-corrected chi connectivity index (χ0v) is 18.9. The fraction of sp³-hybridized carbons (Fsp3) is 0.0690. The molecule has 0 unspecified atom stereocenters. The molecule has 0 bridgehead atoms. The van der Waals surface area contributed by atoms with Crippen LogP contribution in [0.2, 0.25) is 0 Å². The maximum absolute atomic E-state index is 13.7. The summed E-state index contributed by atoms with van der Waals surface area (Å²) in [5.41, 5.74) is 3.55. The Labute approximate surface area is 197 Å². The zero-order chi connectivity index (χ0) is 23.8. The van der Waals surface area contributed by atoms with Crippen molar-refractivity contribution in [3.8, 4) is 0 Å². The van der Waals surface area contributed by atoms with Gasteiger partial charge < -0.3 is 0 Å². The van der Waals surface area contributed by atoms with Gasteiger partial charge in [-0.2, -0.15) is 0 Å². The second-order valence-corrected chi connectivity index (χ2v) is 8.37. The summed E-state index contributed by atoms with van der Waals surface area (Å²) >= 11 is 0. The topological polar surface area (TPSA) is 57.7 Å². The van der Waals surface area contributed by atoms with Crippen molar-refractivity contribution in [1.82, 2.24) is 0 Å². The number of carbonyl (C=O) groups excluding carboxylic acids is 3. The first-order valence-corrected chi connectivity index (χ1v) is 11.0. The van der Waals surface area contributed by atoms with Gasteiger partial charge in [-0.25, -0.2) is 14.6 Å². The van der Waals surface area contributed by atoms with Gasteiger partial charge in [-0.1, -0.05) is 83.9 Å². The third kappa shape index (κ3) is 3.67. The monoisotopic (exact) mass is 446 g/mol. The largest absolute Gasteiger partial charge is 0.343 e. The lowest BCUT2D eigenvalue weighted by atomic mass is 10.0. The number of hydrogen-bond acceptors (Lipinski definition) is 3. The molecule has 5 rings (SSSR count). The minimum Gasteiger partial charge on any atom is -0.268 e. The number of rotatable bonds is 3. The Hall–Kier alpha value is -4.51. The molecule has 1 aliphatic rings. The number of amides is 4. The fourth-order valence-electron chi connectivity index (χ4n) is 4.10. The van der Waals surface area contributed by atoms with E-state index < -0.39 is 17.8 Å². The third-order valence-electron chi connectivity index (χ3n) is 5.94. The van der Waals surface area contributed by atoms with Crippen LogP contribution in [0.4, 0.5) is 16.2 Å². The number of imide groups is 2. The molecule has 4 aromatic rings. The number of fused-ring (bicyclic) bond motifs is 1. The van der Waals surface area contributed by atoms with Gasteiger partial charge in [-0.05, 0) is 49.1 Å². The molecule has 5 heteroatoms. The first kappa shape index (κ1) is 21.3. The van der Waals surface area contributed by atoms with E-state index in [0.29, 0.717) is 16.9 Å². The van der Waals surface area contributed by atoms with Crippen LogP contribution in [0.1, 0.15) is 16.7 Å². The minimum atomic E-state index is -0.698. The van der Waals surface area contributed by atoms with E-state index in [1.165, 1.54) is 0 Å². The molecular weight excluding hydrogens is 424 g/mol. The molecule has 0 aliphatic carbocycles. The highest BCUT2D eigenvalue weighted by molar-refractivity contribution is 6.46. The summed E-state index contributed by atoms with van der Waals surface area (Å²) in [5, 5.41) is 1.64. The Morgan fingerprint density at radius 3 is 1.91 bits per heavy atom. The van der Waals surface area contributed by atoms with E-state index in [1.807, 2.05) is 80.6 Å². The first-order valence-electron chi connectivity index (χ1n) is 11.0. The summed E-state index contributed by atoms with van der Waals surface area (Å²) in [5.74, 6) is -1.29. The van der Waals surface area contributed by atoms with Crippen molar-refractivity contribution < 1.29 is 14.4 Å². The molecule has 34 heavy (non-hydrogen) atoms. The molecule has 4 aromatic carbocycles. The number of hydrogen-bond donors (Lipinski definition) is 0. The van der Waals surface area contributed by atoms with Crippen molar-refractivity contribution in [2.24, 2.45) is 0 Å². The average molecular weight is 447 g/mol. The highest BCUT2D eigenvalue weighted by Crippen LogP contribution is 2.34. The van der Waals surface area contributed by atoms with Gasteiger partial charge in [0.05, 0.1) is 11.4 Å². The lowest BCUT2D eigenvalue weighted by Gasteiger charge is -2.34. The van der Waals surface area contributed by atoms with E-state index in [9.17, 15) is 14.4 Å². The van der Waals surface area contributed by atoms with Gasteiger partial charge in [0, 0.05) is 5.39 Å². The van der Waals surface area contributed by atoms with Gasteiger partial charge in [-0.15, -0.1) is 0 Å². The number of carbonyl (C=O) groups is 3. The van der Waals surface area contributed by atoms with E-state index >= 15 is 0 Å². The van der Waals surface area contributed by atoms with E-state index in [-0.39, 0.29) is 5.57 Å². The Balaban J connectivity index is 1.71. The van der Waals surface area contributed by atoms with Crippen LogP contribution in [0.3, 0.4) is 0 Å². The molecule has 0 spiro atoms. The number of nitrogens with zero attached hydrogens (tertiary/aromatic N) is 2. The maximum atomic E-state index is 13.7. The lowest BCUT2D eigenvalue weighted by Crippen LogP contribution is -2.57. The third-order valence-corrected chi connectivity index (χ3v) is 5.94. The molecule has 166 valence electrons. The van der Waals surface area contributed by atoms with E-state index in [1.54, 1.807) is 30.3 Å². The standard InChI is InChI=1S/C29H22N2O3/c1-19-10-14-21(15-11-19)18-25-27(32)30(23-16-12-20(2)13-17-23)29(34)31(28(25)33)26-9-5-7-22-6-3-4-8-24(22)26/h3-18H,1-2H3/b25-18+. The Bertz CT molecular complexity index is 1460. The van der Waals surface area contributed by atoms with E-state index in [0.717, 1.165) is 31.7 Å². The highest BCUT2D eigenvalue weighted by Gasteiger charge is 2.44. The smallest absolute Gasteiger partial charge is 0.268 e. The maximum Gasteiger partial charge on any atom is 0.343 e. The summed E-state index contributed by atoms with van der Waals surface area (Å²) in [4.78, 5) is 43.1. The van der Waals surface area contributed by atoms with Crippen LogP contribution in [0.5, 0.6) is 0 Å². The zero-order valence-electron chi connectivity index (χ0n) is 18.9. The van der Waals surface area contributed by atoms with Gasteiger partial charge in [-0.3, -0.25) is 9.59 Å². The van der Waals surface area contributed by atoms with Gasteiger partial charge in [0.25, 0.3) is 11.8 Å². The van der Waals surface area contributed by atoms with Gasteiger partial charge in [0.2, 0.25) is 0 Å². The van der Waals surface area contributed by atoms with Gasteiger partial charge in [0.15, 0.2) is 0 Å². The minimum absolute atomic E-state index is 0.0723. The van der Waals surface area contributed by atoms with Crippen molar-refractivity contribution >= 4 is 46.1 Å². The summed E-state index contributed by atoms with van der Waals surface area (Å²) in [6.45, 7) is 3.90. The van der Waals surface area contributed by atoms with Crippen molar-refractivity contribution in [2.45, 2.75) is 13.8 Å². The average Bonchev–Trinajstić information content (AvgIpc) is 2.84. The van der Waals surface area contributed by atoms with Crippen LogP contribution in [-0.4, -0.2) is 17.8 Å². The summed E-state index contributed by atoms with van der Waals surface area (Å²) in [7, 11) is 0. The van der Waals surface area contributed by atoms with Crippen LogP contribution in [0.25, 0.3) is 16.8 Å². The molecule has 0 atom stereocenters. The Morgan fingerprint density at radius 2 is 1.21 bits per heavy atom. The second kappa shape index (κ2) is 8.45. The SMILES string of the molecule is Cc1ccc(/C=C2\C(=O)N(c3ccc(C)cc3)C(=O)N(c3cccc4ccccc34)C2=O)cc1. The Kier molecular flexibility index (Phi) is 5.30. The quantitative estimate of drug-likeness (QED) is 0.285. The van der Waals surface area contributed by atoms with E-state index in [2.05, 4.69) is 0 Å². The molecule has 1 aliphatic heterocycles. The summed E-state index contributed by atoms with van der Waals surface area (Å²) < 4.78 is 0. The van der Waals surface area contributed by atoms with Crippen molar-refractivity contribution in [2.75, 3.05) is 9.80 Å². The number of aryl methyl sites for hydroxylation is 2. The summed E-state index contributed by atoms with van der Waals surface area (Å²) in [6, 6.07) is 26.9. The van der Waals surface area contributed by atoms with Crippen LogP contribution in [-0.2, 0) is 9.59 Å². The number of urea groups is 1. The Morgan fingerprint density at radius 1 is 0.618 bits per heavy atom. The van der Waals surface area contributed by atoms with Gasteiger partial charge >= 0.3 is 6.03 Å². The molecule has 0 radical (unpaired) electrons. The molecule has 0 saturated carbocycles. The molecule has 4 amide bonds. The van der Waals surface area contributed by atoms with Crippen LogP contribution >= 0.6 is 0 Å². The molecule has 1 heterocycles. The number of anilines is 2. The van der Waals surface area contributed by atoms with E-state index in [4.69, 9.17) is 0 Å². The predicted molar refractivity (Wildman–Crippen MR) is 135 cm³/mol. The van der Waals surface area contributed by atoms with Crippen molar-refractivity contribution in [3.63, 3.8) is 0 Å². The molecule has 5 nitrogen and oxygen atoms in total. The fourth-order valence-corrected chi connectivity index (χ4v) is 4.10. The molecule has 1 saturated heterocycles. The van der Waals surface area contributed by atoms with Crippen LogP contribution in [0.15, 0.2) is 96.6 Å². The normalized spacial score (nSPS) is 15.5. The molecule has 1 fully saturated rings. The highest BCUT2D eigenvalue weighted by atomic mass is 16.2. The van der Waals surface area contributed by atoms with Gasteiger partial charge in [0.1, 0.15) is 5.57 Å². The molecular formula is C29H22N2O3. The number of benzene rings is 4. The van der Waals surface area contributed by atoms with Crippen molar-refractivity contribution in [1.29, 1.82) is 0 Å². The summed E-state index contributed by atoms with van der Waals surface area (Å²) in [6.07, 6.45) is 1.55. The van der Waals surface area contributed by atoms with Crippen LogP contribution in [0, 0.1) is 13.8 Å². The lowest BCUT2D eigenvalue weighted by molar-refractivity contribution is -0.121.